The Kier molecular flexibility index (Phi) is 8.26. The van der Waals surface area contributed by atoms with Crippen LogP contribution in [0.5, 0.6) is 11.5 Å². The highest BCUT2D eigenvalue weighted by molar-refractivity contribution is 7.87. The van der Waals surface area contributed by atoms with Gasteiger partial charge in [-0.2, -0.15) is 13.7 Å². The molecular formula is C26H23N3O7S. The number of carbonyl (C=O) groups excluding carboxylic acids is 1. The maximum atomic E-state index is 12.7. The van der Waals surface area contributed by atoms with Crippen LogP contribution in [-0.2, 0) is 14.9 Å². The van der Waals surface area contributed by atoms with Gasteiger partial charge in [-0.25, -0.2) is 0 Å². The van der Waals surface area contributed by atoms with E-state index >= 15 is 0 Å². The van der Waals surface area contributed by atoms with E-state index in [1.807, 2.05) is 6.92 Å². The van der Waals surface area contributed by atoms with Crippen molar-refractivity contribution in [2.24, 2.45) is 0 Å². The number of carbonyl (C=O) groups is 1. The van der Waals surface area contributed by atoms with Crippen LogP contribution in [0.3, 0.4) is 0 Å². The lowest BCUT2D eigenvalue weighted by molar-refractivity contribution is -0.384. The molecule has 1 amide bonds. The molecule has 0 bridgehead atoms. The summed E-state index contributed by atoms with van der Waals surface area (Å²) in [5.41, 5.74) is 1.17. The summed E-state index contributed by atoms with van der Waals surface area (Å²) >= 11 is 0. The van der Waals surface area contributed by atoms with Gasteiger partial charge >= 0.3 is 10.1 Å². The fraction of sp³-hybridized carbons (Fsp3) is 0.154. The molecule has 0 aliphatic rings. The Labute approximate surface area is 214 Å². The molecule has 0 aliphatic heterocycles. The number of benzene rings is 3. The van der Waals surface area contributed by atoms with Crippen molar-refractivity contribution in [1.29, 1.82) is 5.26 Å². The molecule has 0 fully saturated rings. The SMILES string of the molecule is CCOc1cc(/C=C(\C#N)C(=O)Nc2ccc(C)cc2[N+](=O)[O-])ccc1OS(=O)(=O)c1ccc(C)cc1. The third-order valence-corrected chi connectivity index (χ3v) is 6.30. The average molecular weight is 522 g/mol. The zero-order valence-corrected chi connectivity index (χ0v) is 21.0. The van der Waals surface area contributed by atoms with Gasteiger partial charge in [0, 0.05) is 6.07 Å². The Hall–Kier alpha value is -4.69. The molecule has 0 saturated heterocycles. The monoisotopic (exact) mass is 521 g/mol. The van der Waals surface area contributed by atoms with Crippen LogP contribution in [-0.4, -0.2) is 25.9 Å². The molecule has 37 heavy (non-hydrogen) atoms. The van der Waals surface area contributed by atoms with E-state index in [2.05, 4.69) is 5.32 Å². The zero-order chi connectivity index (χ0) is 27.2. The second-order valence-corrected chi connectivity index (χ2v) is 9.44. The van der Waals surface area contributed by atoms with Crippen molar-refractivity contribution < 1.29 is 27.1 Å². The predicted molar refractivity (Wildman–Crippen MR) is 137 cm³/mol. The number of nitrogens with one attached hydrogen (secondary N) is 1. The number of nitro groups is 1. The molecule has 0 unspecified atom stereocenters. The smallest absolute Gasteiger partial charge is 0.339 e. The topological polar surface area (TPSA) is 149 Å². The molecule has 0 heterocycles. The first-order valence-electron chi connectivity index (χ1n) is 11.0. The van der Waals surface area contributed by atoms with Gasteiger partial charge in [0.1, 0.15) is 22.2 Å². The molecule has 0 radical (unpaired) electrons. The van der Waals surface area contributed by atoms with Crippen molar-refractivity contribution in [3.63, 3.8) is 0 Å². The molecule has 1 N–H and O–H groups in total. The summed E-state index contributed by atoms with van der Waals surface area (Å²) in [5.74, 6) is -0.841. The van der Waals surface area contributed by atoms with Crippen molar-refractivity contribution in [3.05, 3.63) is 93.0 Å². The standard InChI is InChI=1S/C26H23N3O7S/c1-4-35-25-15-19(8-12-24(25)36-37(33,34)21-9-5-17(2)6-10-21)14-20(16-27)26(30)28-22-11-7-18(3)13-23(22)29(31)32/h5-15H,4H2,1-3H3,(H,28,30)/b20-14+. The van der Waals surface area contributed by atoms with Gasteiger partial charge in [-0.3, -0.25) is 14.9 Å². The minimum atomic E-state index is -4.14. The van der Waals surface area contributed by atoms with E-state index < -0.39 is 20.9 Å². The van der Waals surface area contributed by atoms with Gasteiger partial charge in [0.25, 0.3) is 11.6 Å². The third kappa shape index (κ3) is 6.71. The summed E-state index contributed by atoms with van der Waals surface area (Å²) in [5, 5.41) is 23.3. The second kappa shape index (κ2) is 11.4. The van der Waals surface area contributed by atoms with Crippen LogP contribution in [0.1, 0.15) is 23.6 Å². The number of nitriles is 1. The molecular weight excluding hydrogens is 498 g/mol. The summed E-state index contributed by atoms with van der Waals surface area (Å²) in [4.78, 5) is 23.4. The van der Waals surface area contributed by atoms with E-state index in [4.69, 9.17) is 8.92 Å². The van der Waals surface area contributed by atoms with Crippen LogP contribution in [0.15, 0.2) is 71.1 Å². The number of rotatable bonds is 9. The van der Waals surface area contributed by atoms with Crippen LogP contribution < -0.4 is 14.2 Å². The number of ether oxygens (including phenoxy) is 1. The lowest BCUT2D eigenvalue weighted by Crippen LogP contribution is -2.14. The number of aryl methyl sites for hydroxylation is 2. The Balaban J connectivity index is 1.90. The van der Waals surface area contributed by atoms with Gasteiger partial charge < -0.3 is 14.2 Å². The number of anilines is 1. The van der Waals surface area contributed by atoms with Crippen molar-refractivity contribution in [3.8, 4) is 17.6 Å². The van der Waals surface area contributed by atoms with E-state index in [1.54, 1.807) is 38.1 Å². The molecule has 190 valence electrons. The van der Waals surface area contributed by atoms with Gasteiger partial charge in [0.05, 0.1) is 11.5 Å². The fourth-order valence-corrected chi connectivity index (χ4v) is 4.17. The lowest BCUT2D eigenvalue weighted by Gasteiger charge is -2.13. The molecule has 3 aromatic rings. The molecule has 0 aromatic heterocycles. The van der Waals surface area contributed by atoms with Gasteiger partial charge in [-0.1, -0.05) is 29.8 Å². The molecule has 0 aliphatic carbocycles. The molecule has 10 nitrogen and oxygen atoms in total. The molecule has 0 spiro atoms. The largest absolute Gasteiger partial charge is 0.490 e. The van der Waals surface area contributed by atoms with Gasteiger partial charge in [0.2, 0.25) is 0 Å². The normalized spacial score (nSPS) is 11.4. The number of amides is 1. The first kappa shape index (κ1) is 26.9. The van der Waals surface area contributed by atoms with Crippen LogP contribution in [0, 0.1) is 35.3 Å². The van der Waals surface area contributed by atoms with Crippen LogP contribution in [0.2, 0.25) is 0 Å². The highest BCUT2D eigenvalue weighted by atomic mass is 32.2. The predicted octanol–water partition coefficient (Wildman–Crippen LogP) is 4.92. The zero-order valence-electron chi connectivity index (χ0n) is 20.2. The highest BCUT2D eigenvalue weighted by Gasteiger charge is 2.21. The lowest BCUT2D eigenvalue weighted by atomic mass is 10.1. The summed E-state index contributed by atoms with van der Waals surface area (Å²) in [6.07, 6.45) is 1.25. The van der Waals surface area contributed by atoms with E-state index in [-0.39, 0.29) is 39.9 Å². The van der Waals surface area contributed by atoms with Crippen LogP contribution in [0.25, 0.3) is 6.08 Å². The van der Waals surface area contributed by atoms with Crippen molar-refractivity contribution in [1.82, 2.24) is 0 Å². The van der Waals surface area contributed by atoms with E-state index in [9.17, 15) is 28.6 Å². The second-order valence-electron chi connectivity index (χ2n) is 7.89. The van der Waals surface area contributed by atoms with Crippen LogP contribution in [0.4, 0.5) is 11.4 Å². The molecule has 3 rings (SSSR count). The Morgan fingerprint density at radius 2 is 1.73 bits per heavy atom. The molecule has 0 saturated carbocycles. The maximum absolute atomic E-state index is 12.7. The number of nitrogens with zero attached hydrogens (tertiary/aromatic N) is 2. The van der Waals surface area contributed by atoms with Crippen molar-refractivity contribution in [2.45, 2.75) is 25.7 Å². The third-order valence-electron chi connectivity index (χ3n) is 5.05. The van der Waals surface area contributed by atoms with E-state index in [0.717, 1.165) is 5.56 Å². The summed E-state index contributed by atoms with van der Waals surface area (Å²) < 4.78 is 36.2. The summed E-state index contributed by atoms with van der Waals surface area (Å²) in [6, 6.07) is 16.4. The number of hydrogen-bond donors (Lipinski definition) is 1. The summed E-state index contributed by atoms with van der Waals surface area (Å²) in [6.45, 7) is 5.39. The number of hydrogen-bond acceptors (Lipinski definition) is 8. The highest BCUT2D eigenvalue weighted by Crippen LogP contribution is 2.32. The van der Waals surface area contributed by atoms with Gasteiger partial charge in [-0.15, -0.1) is 0 Å². The first-order valence-corrected chi connectivity index (χ1v) is 12.4. The average Bonchev–Trinajstić information content (AvgIpc) is 2.85. The summed E-state index contributed by atoms with van der Waals surface area (Å²) in [7, 11) is -4.14. The minimum absolute atomic E-state index is 0.0295. The van der Waals surface area contributed by atoms with Crippen molar-refractivity contribution >= 4 is 33.5 Å². The molecule has 0 atom stereocenters. The van der Waals surface area contributed by atoms with E-state index in [1.165, 1.54) is 48.5 Å². The Morgan fingerprint density at radius 3 is 2.35 bits per heavy atom. The Morgan fingerprint density at radius 1 is 1.05 bits per heavy atom. The maximum Gasteiger partial charge on any atom is 0.339 e. The van der Waals surface area contributed by atoms with Gasteiger partial charge in [-0.05, 0) is 68.3 Å². The van der Waals surface area contributed by atoms with Crippen LogP contribution >= 0.6 is 0 Å². The first-order chi connectivity index (χ1) is 17.5. The molecule has 3 aromatic carbocycles. The van der Waals surface area contributed by atoms with Crippen molar-refractivity contribution in [2.75, 3.05) is 11.9 Å². The fourth-order valence-electron chi connectivity index (χ4n) is 3.23. The quantitative estimate of drug-likeness (QED) is 0.137. The Bertz CT molecular complexity index is 1520. The molecule has 11 heteroatoms. The van der Waals surface area contributed by atoms with E-state index in [0.29, 0.717) is 11.1 Å². The minimum Gasteiger partial charge on any atom is -0.490 e. The van der Waals surface area contributed by atoms with Gasteiger partial charge in [0.15, 0.2) is 11.5 Å². The number of nitro benzene ring substituents is 1.